The van der Waals surface area contributed by atoms with Crippen LogP contribution in [0.4, 0.5) is 16.6 Å². The van der Waals surface area contributed by atoms with Gasteiger partial charge in [0, 0.05) is 33.7 Å². The van der Waals surface area contributed by atoms with Gasteiger partial charge in [-0.05, 0) is 43.0 Å². The van der Waals surface area contributed by atoms with E-state index in [2.05, 4.69) is 57.6 Å². The lowest BCUT2D eigenvalue weighted by atomic mass is 10.0. The standard InChI is InChI=1S/C25H36N6OSSi/c1-18-15-30(16-18)20-13-22-21(26-14-20)9-10-23(27-22)31(17-32-11-12-34(2,3)4)25-29-28-24(33-25)19-7-5-6-8-19/h9-10,13-14,18-19H,5-8,11-12,15-17H2,1-4H3. The summed E-state index contributed by atoms with van der Waals surface area (Å²) in [6.45, 7) is 12.8. The molecule has 0 aromatic carbocycles. The topological polar surface area (TPSA) is 67.3 Å². The molecule has 1 saturated carbocycles. The molecule has 1 saturated heterocycles. The molecule has 0 atom stereocenters. The molecule has 4 heterocycles. The van der Waals surface area contributed by atoms with Gasteiger partial charge in [0.2, 0.25) is 5.13 Å². The molecule has 7 nitrogen and oxygen atoms in total. The lowest BCUT2D eigenvalue weighted by Crippen LogP contribution is -2.45. The molecule has 182 valence electrons. The highest BCUT2D eigenvalue weighted by molar-refractivity contribution is 7.15. The molecule has 2 fully saturated rings. The summed E-state index contributed by atoms with van der Waals surface area (Å²) in [7, 11) is -1.16. The molecule has 3 aromatic rings. The van der Waals surface area contributed by atoms with Gasteiger partial charge < -0.3 is 9.64 Å². The van der Waals surface area contributed by atoms with Crippen LogP contribution >= 0.6 is 11.3 Å². The summed E-state index contributed by atoms with van der Waals surface area (Å²) in [5.41, 5.74) is 2.96. The minimum Gasteiger partial charge on any atom is -0.370 e. The van der Waals surface area contributed by atoms with E-state index >= 15 is 0 Å². The average Bonchev–Trinajstić information content (AvgIpc) is 3.48. The molecule has 0 bridgehead atoms. The van der Waals surface area contributed by atoms with Gasteiger partial charge in [-0.3, -0.25) is 9.88 Å². The fraction of sp³-hybridized carbons (Fsp3) is 0.600. The molecular weight excluding hydrogens is 460 g/mol. The summed E-state index contributed by atoms with van der Waals surface area (Å²) >= 11 is 1.69. The number of aromatic nitrogens is 4. The fourth-order valence-electron chi connectivity index (χ4n) is 4.65. The minimum atomic E-state index is -1.16. The largest absolute Gasteiger partial charge is 0.370 e. The summed E-state index contributed by atoms with van der Waals surface area (Å²) in [6, 6.07) is 7.37. The van der Waals surface area contributed by atoms with Crippen LogP contribution in [0.1, 0.15) is 43.5 Å². The van der Waals surface area contributed by atoms with Crippen LogP contribution in [0.15, 0.2) is 24.4 Å². The van der Waals surface area contributed by atoms with Gasteiger partial charge in [-0.25, -0.2) is 4.98 Å². The Morgan fingerprint density at radius 2 is 1.91 bits per heavy atom. The number of fused-ring (bicyclic) bond motifs is 1. The van der Waals surface area contributed by atoms with Crippen LogP contribution < -0.4 is 9.80 Å². The molecule has 0 unspecified atom stereocenters. The third kappa shape index (κ3) is 5.42. The molecule has 1 aliphatic heterocycles. The SMILES string of the molecule is CC1CN(c2cnc3ccc(N(COCC[Si](C)(C)C)c4nnc(C5CCCC5)s4)nc3c2)C1. The Balaban J connectivity index is 1.41. The highest BCUT2D eigenvalue weighted by Gasteiger charge is 2.25. The number of nitrogens with zero attached hydrogens (tertiary/aromatic N) is 6. The Kier molecular flexibility index (Phi) is 6.86. The van der Waals surface area contributed by atoms with Crippen molar-refractivity contribution in [2.45, 2.75) is 64.2 Å². The Bertz CT molecular complexity index is 1120. The van der Waals surface area contributed by atoms with Crippen molar-refractivity contribution in [3.05, 3.63) is 29.4 Å². The number of hydrogen-bond acceptors (Lipinski definition) is 8. The van der Waals surface area contributed by atoms with Crippen molar-refractivity contribution in [3.63, 3.8) is 0 Å². The van der Waals surface area contributed by atoms with Crippen LogP contribution in [-0.4, -0.2) is 54.7 Å². The quantitative estimate of drug-likeness (QED) is 0.203. The van der Waals surface area contributed by atoms with E-state index in [-0.39, 0.29) is 0 Å². The first-order chi connectivity index (χ1) is 16.4. The highest BCUT2D eigenvalue weighted by atomic mass is 32.1. The van der Waals surface area contributed by atoms with Crippen molar-refractivity contribution in [1.82, 2.24) is 20.2 Å². The van der Waals surface area contributed by atoms with Gasteiger partial charge in [-0.2, -0.15) is 0 Å². The lowest BCUT2D eigenvalue weighted by Gasteiger charge is -2.38. The number of pyridine rings is 2. The van der Waals surface area contributed by atoms with Gasteiger partial charge >= 0.3 is 0 Å². The molecule has 0 amide bonds. The maximum absolute atomic E-state index is 6.16. The van der Waals surface area contributed by atoms with E-state index in [1.165, 1.54) is 25.7 Å². The van der Waals surface area contributed by atoms with Gasteiger partial charge in [-0.15, -0.1) is 10.2 Å². The van der Waals surface area contributed by atoms with Crippen molar-refractivity contribution in [3.8, 4) is 0 Å². The molecule has 34 heavy (non-hydrogen) atoms. The second-order valence-corrected chi connectivity index (χ2v) is 17.7. The Morgan fingerprint density at radius 1 is 1.12 bits per heavy atom. The van der Waals surface area contributed by atoms with Crippen molar-refractivity contribution < 1.29 is 4.74 Å². The van der Waals surface area contributed by atoms with E-state index in [1.54, 1.807) is 11.3 Å². The van der Waals surface area contributed by atoms with Crippen LogP contribution in [0.2, 0.25) is 25.7 Å². The number of anilines is 3. The maximum atomic E-state index is 6.16. The smallest absolute Gasteiger partial charge is 0.215 e. The van der Waals surface area contributed by atoms with Crippen LogP contribution in [0, 0.1) is 5.92 Å². The predicted octanol–water partition coefficient (Wildman–Crippen LogP) is 6.05. The van der Waals surface area contributed by atoms with E-state index in [4.69, 9.17) is 9.72 Å². The molecule has 2 aliphatic rings. The van der Waals surface area contributed by atoms with E-state index in [1.807, 2.05) is 18.3 Å². The lowest BCUT2D eigenvalue weighted by molar-refractivity contribution is 0.153. The summed E-state index contributed by atoms with van der Waals surface area (Å²) < 4.78 is 6.16. The normalized spacial score (nSPS) is 17.5. The van der Waals surface area contributed by atoms with Gasteiger partial charge in [-0.1, -0.05) is 50.7 Å². The molecular formula is C25H36N6OSSi. The molecule has 0 radical (unpaired) electrons. The van der Waals surface area contributed by atoms with E-state index in [0.717, 1.165) is 64.3 Å². The summed E-state index contributed by atoms with van der Waals surface area (Å²) in [6.07, 6.45) is 6.99. The van der Waals surface area contributed by atoms with Gasteiger partial charge in [0.05, 0.1) is 22.9 Å². The Morgan fingerprint density at radius 3 is 2.65 bits per heavy atom. The zero-order valence-electron chi connectivity index (χ0n) is 20.8. The zero-order valence-corrected chi connectivity index (χ0v) is 22.6. The highest BCUT2D eigenvalue weighted by Crippen LogP contribution is 2.38. The molecule has 3 aromatic heterocycles. The number of hydrogen-bond donors (Lipinski definition) is 0. The number of ether oxygens (including phenoxy) is 1. The first-order valence-electron chi connectivity index (χ1n) is 12.6. The predicted molar refractivity (Wildman–Crippen MR) is 143 cm³/mol. The van der Waals surface area contributed by atoms with Gasteiger partial charge in [0.25, 0.3) is 0 Å². The van der Waals surface area contributed by atoms with E-state index in [0.29, 0.717) is 12.6 Å². The summed E-state index contributed by atoms with van der Waals surface area (Å²) in [4.78, 5) is 14.1. The van der Waals surface area contributed by atoms with E-state index < -0.39 is 8.07 Å². The molecule has 0 spiro atoms. The van der Waals surface area contributed by atoms with Crippen molar-refractivity contribution in [2.24, 2.45) is 5.92 Å². The van der Waals surface area contributed by atoms with E-state index in [9.17, 15) is 0 Å². The van der Waals surface area contributed by atoms with Crippen LogP contribution in [-0.2, 0) is 4.74 Å². The Labute approximate surface area is 207 Å². The van der Waals surface area contributed by atoms with Gasteiger partial charge in [0.1, 0.15) is 17.6 Å². The first kappa shape index (κ1) is 23.6. The second-order valence-electron chi connectivity index (χ2n) is 11.1. The van der Waals surface area contributed by atoms with Crippen LogP contribution in [0.3, 0.4) is 0 Å². The number of rotatable bonds is 9. The van der Waals surface area contributed by atoms with Gasteiger partial charge in [0.15, 0.2) is 0 Å². The molecule has 1 aliphatic carbocycles. The minimum absolute atomic E-state index is 0.430. The van der Waals surface area contributed by atoms with Crippen molar-refractivity contribution in [1.29, 1.82) is 0 Å². The zero-order chi connectivity index (χ0) is 23.7. The average molecular weight is 497 g/mol. The van der Waals surface area contributed by atoms with Crippen LogP contribution in [0.25, 0.3) is 11.0 Å². The fourth-order valence-corrected chi connectivity index (χ4v) is 6.41. The van der Waals surface area contributed by atoms with Crippen molar-refractivity contribution >= 4 is 47.1 Å². The van der Waals surface area contributed by atoms with Crippen molar-refractivity contribution in [2.75, 3.05) is 36.2 Å². The molecule has 0 N–H and O–H groups in total. The third-order valence-electron chi connectivity index (χ3n) is 6.80. The van der Waals surface area contributed by atoms with Crippen LogP contribution in [0.5, 0.6) is 0 Å². The third-order valence-corrected chi connectivity index (χ3v) is 9.61. The second kappa shape index (κ2) is 9.87. The maximum Gasteiger partial charge on any atom is 0.215 e. The monoisotopic (exact) mass is 496 g/mol. The summed E-state index contributed by atoms with van der Waals surface area (Å²) in [5.74, 6) is 2.13. The Hall–Kier alpha value is -2.10. The summed E-state index contributed by atoms with van der Waals surface area (Å²) in [5, 5.41) is 11.2. The molecule has 5 rings (SSSR count). The first-order valence-corrected chi connectivity index (χ1v) is 17.1. The molecule has 9 heteroatoms.